The summed E-state index contributed by atoms with van der Waals surface area (Å²) in [6.07, 6.45) is 0.562. The summed E-state index contributed by atoms with van der Waals surface area (Å²) in [5.41, 5.74) is 0. The van der Waals surface area contributed by atoms with Crippen LogP contribution in [0.1, 0.15) is 13.3 Å². The maximum atomic E-state index is 11.4. The zero-order valence-corrected chi connectivity index (χ0v) is 11.7. The molecule has 2 rings (SSSR count). The highest BCUT2D eigenvalue weighted by Gasteiger charge is 2.28. The number of rotatable bonds is 5. The van der Waals surface area contributed by atoms with Crippen LogP contribution < -0.4 is 15.4 Å². The molecule has 1 saturated heterocycles. The molecule has 0 bridgehead atoms. The van der Waals surface area contributed by atoms with Crippen molar-refractivity contribution in [2.45, 2.75) is 19.4 Å². The maximum Gasteiger partial charge on any atom is 0.323 e. The standard InChI is InChI=1S/C10H17N5O3S/c1-3-18-10-14-8(11-2)13-9(15-10)12-7-4-5-19(16,17)6-7/h7H,3-6H2,1-2H3,(H2,11,12,13,14,15). The SMILES string of the molecule is CCOc1nc(NC)nc(NC2CCS(=O)(=O)C2)n1. The van der Waals surface area contributed by atoms with E-state index in [1.54, 1.807) is 7.05 Å². The Morgan fingerprint density at radius 1 is 1.32 bits per heavy atom. The summed E-state index contributed by atoms with van der Waals surface area (Å²) in [5.74, 6) is 1.01. The second-order valence-electron chi connectivity index (χ2n) is 4.19. The summed E-state index contributed by atoms with van der Waals surface area (Å²) in [6.45, 7) is 2.28. The molecule has 1 unspecified atom stereocenters. The lowest BCUT2D eigenvalue weighted by Gasteiger charge is -2.12. The minimum absolute atomic E-state index is 0.109. The number of nitrogens with zero attached hydrogens (tertiary/aromatic N) is 3. The van der Waals surface area contributed by atoms with Gasteiger partial charge in [0, 0.05) is 13.1 Å². The van der Waals surface area contributed by atoms with Gasteiger partial charge < -0.3 is 15.4 Å². The van der Waals surface area contributed by atoms with Gasteiger partial charge >= 0.3 is 6.01 Å². The van der Waals surface area contributed by atoms with Crippen LogP contribution in [0.15, 0.2) is 0 Å². The lowest BCUT2D eigenvalue weighted by atomic mass is 10.3. The zero-order valence-electron chi connectivity index (χ0n) is 10.9. The van der Waals surface area contributed by atoms with E-state index >= 15 is 0 Å². The van der Waals surface area contributed by atoms with Crippen LogP contribution in [-0.4, -0.2) is 54.6 Å². The van der Waals surface area contributed by atoms with E-state index in [-0.39, 0.29) is 23.6 Å². The van der Waals surface area contributed by atoms with Gasteiger partial charge in [-0.25, -0.2) is 8.42 Å². The smallest absolute Gasteiger partial charge is 0.323 e. The third kappa shape index (κ3) is 3.66. The van der Waals surface area contributed by atoms with E-state index in [0.29, 0.717) is 24.9 Å². The van der Waals surface area contributed by atoms with E-state index in [9.17, 15) is 8.42 Å². The van der Waals surface area contributed by atoms with Crippen LogP contribution in [0, 0.1) is 0 Å². The van der Waals surface area contributed by atoms with Crippen molar-refractivity contribution in [2.24, 2.45) is 0 Å². The highest BCUT2D eigenvalue weighted by atomic mass is 32.2. The fourth-order valence-electron chi connectivity index (χ4n) is 1.82. The Morgan fingerprint density at radius 3 is 2.63 bits per heavy atom. The molecule has 1 aliphatic rings. The van der Waals surface area contributed by atoms with Gasteiger partial charge in [-0.1, -0.05) is 0 Å². The number of hydrogen-bond acceptors (Lipinski definition) is 8. The molecule has 0 spiro atoms. The normalized spacial score (nSPS) is 21.1. The number of sulfone groups is 1. The molecule has 1 atom stereocenters. The topological polar surface area (TPSA) is 106 Å². The van der Waals surface area contributed by atoms with E-state index in [0.717, 1.165) is 0 Å². The van der Waals surface area contributed by atoms with E-state index in [1.165, 1.54) is 0 Å². The quantitative estimate of drug-likeness (QED) is 0.774. The van der Waals surface area contributed by atoms with Crippen molar-refractivity contribution in [1.82, 2.24) is 15.0 Å². The molecule has 9 heteroatoms. The average Bonchev–Trinajstić information content (AvgIpc) is 2.68. The fraction of sp³-hybridized carbons (Fsp3) is 0.700. The van der Waals surface area contributed by atoms with Crippen LogP contribution in [0.2, 0.25) is 0 Å². The van der Waals surface area contributed by atoms with Gasteiger partial charge in [0.15, 0.2) is 9.84 Å². The summed E-state index contributed by atoms with van der Waals surface area (Å²) in [6, 6.07) is 0.0526. The van der Waals surface area contributed by atoms with Crippen molar-refractivity contribution < 1.29 is 13.2 Å². The molecule has 0 aromatic carbocycles. The summed E-state index contributed by atoms with van der Waals surface area (Å²) in [7, 11) is -1.24. The first-order valence-corrected chi connectivity index (χ1v) is 7.88. The minimum atomic E-state index is -2.93. The van der Waals surface area contributed by atoms with Crippen molar-refractivity contribution in [2.75, 3.05) is 35.8 Å². The van der Waals surface area contributed by atoms with Gasteiger partial charge in [-0.05, 0) is 13.3 Å². The number of ether oxygens (including phenoxy) is 1. The van der Waals surface area contributed by atoms with E-state index in [1.807, 2.05) is 6.92 Å². The third-order valence-electron chi connectivity index (χ3n) is 2.68. The first kappa shape index (κ1) is 13.8. The summed E-state index contributed by atoms with van der Waals surface area (Å²) in [4.78, 5) is 12.2. The number of hydrogen-bond donors (Lipinski definition) is 2. The Kier molecular flexibility index (Phi) is 4.03. The monoisotopic (exact) mass is 287 g/mol. The fourth-order valence-corrected chi connectivity index (χ4v) is 3.49. The van der Waals surface area contributed by atoms with Gasteiger partial charge in [0.05, 0.1) is 18.1 Å². The van der Waals surface area contributed by atoms with Gasteiger partial charge in [0.25, 0.3) is 0 Å². The van der Waals surface area contributed by atoms with Crippen LogP contribution in [0.5, 0.6) is 6.01 Å². The second kappa shape index (κ2) is 5.55. The number of nitrogens with one attached hydrogen (secondary N) is 2. The maximum absolute atomic E-state index is 11.4. The molecule has 19 heavy (non-hydrogen) atoms. The van der Waals surface area contributed by atoms with Crippen molar-refractivity contribution in [3.05, 3.63) is 0 Å². The number of anilines is 2. The van der Waals surface area contributed by atoms with E-state index in [2.05, 4.69) is 25.6 Å². The van der Waals surface area contributed by atoms with E-state index < -0.39 is 9.84 Å². The lowest BCUT2D eigenvalue weighted by Crippen LogP contribution is -2.22. The Morgan fingerprint density at radius 2 is 2.05 bits per heavy atom. The molecule has 1 aromatic rings. The van der Waals surface area contributed by atoms with Gasteiger partial charge in [-0.3, -0.25) is 0 Å². The molecule has 0 amide bonds. The summed E-state index contributed by atoms with van der Waals surface area (Å²) >= 11 is 0. The van der Waals surface area contributed by atoms with Crippen LogP contribution in [-0.2, 0) is 9.84 Å². The lowest BCUT2D eigenvalue weighted by molar-refractivity contribution is 0.312. The first-order valence-electron chi connectivity index (χ1n) is 6.06. The highest BCUT2D eigenvalue weighted by Crippen LogP contribution is 2.17. The Labute approximate surface area is 111 Å². The van der Waals surface area contributed by atoms with Crippen molar-refractivity contribution >= 4 is 21.7 Å². The predicted molar refractivity (Wildman–Crippen MR) is 71.2 cm³/mol. The molecule has 106 valence electrons. The Bertz CT molecular complexity index is 548. The molecule has 1 aromatic heterocycles. The Balaban J connectivity index is 2.13. The molecule has 8 nitrogen and oxygen atoms in total. The predicted octanol–water partition coefficient (Wildman–Crippen LogP) is -0.0890. The molecule has 0 aliphatic carbocycles. The van der Waals surface area contributed by atoms with Gasteiger partial charge in [0.2, 0.25) is 11.9 Å². The summed E-state index contributed by atoms with van der Waals surface area (Å²) in [5, 5.41) is 5.82. The second-order valence-corrected chi connectivity index (χ2v) is 6.42. The van der Waals surface area contributed by atoms with Crippen molar-refractivity contribution in [3.63, 3.8) is 0 Å². The van der Waals surface area contributed by atoms with Gasteiger partial charge in [-0.15, -0.1) is 0 Å². The molecule has 1 fully saturated rings. The first-order chi connectivity index (χ1) is 9.02. The molecule has 1 aliphatic heterocycles. The van der Waals surface area contributed by atoms with Crippen molar-refractivity contribution in [1.29, 1.82) is 0 Å². The van der Waals surface area contributed by atoms with Crippen LogP contribution >= 0.6 is 0 Å². The largest absolute Gasteiger partial charge is 0.464 e. The van der Waals surface area contributed by atoms with Crippen LogP contribution in [0.3, 0.4) is 0 Å². The van der Waals surface area contributed by atoms with Gasteiger partial charge in [-0.2, -0.15) is 15.0 Å². The molecule has 0 radical (unpaired) electrons. The highest BCUT2D eigenvalue weighted by molar-refractivity contribution is 7.91. The van der Waals surface area contributed by atoms with Crippen LogP contribution in [0.4, 0.5) is 11.9 Å². The molecule has 0 saturated carbocycles. The molecule has 2 N–H and O–H groups in total. The van der Waals surface area contributed by atoms with Crippen LogP contribution in [0.25, 0.3) is 0 Å². The molecular weight excluding hydrogens is 270 g/mol. The van der Waals surface area contributed by atoms with Crippen molar-refractivity contribution in [3.8, 4) is 6.01 Å². The third-order valence-corrected chi connectivity index (χ3v) is 4.45. The Hall–Kier alpha value is -1.64. The van der Waals surface area contributed by atoms with Gasteiger partial charge in [0.1, 0.15) is 0 Å². The number of aromatic nitrogens is 3. The van der Waals surface area contributed by atoms with E-state index in [4.69, 9.17) is 4.74 Å². The summed E-state index contributed by atoms with van der Waals surface area (Å²) < 4.78 is 28.0. The molecular formula is C10H17N5O3S. The molecule has 2 heterocycles. The average molecular weight is 287 g/mol. The zero-order chi connectivity index (χ0) is 13.9. The minimum Gasteiger partial charge on any atom is -0.464 e.